The van der Waals surface area contributed by atoms with Crippen LogP contribution in [0.2, 0.25) is 10.0 Å². The van der Waals surface area contributed by atoms with Gasteiger partial charge < -0.3 is 15.1 Å². The Kier molecular flexibility index (Phi) is 5.11. The predicted molar refractivity (Wildman–Crippen MR) is 95.7 cm³/mol. The van der Waals surface area contributed by atoms with Crippen molar-refractivity contribution in [1.29, 1.82) is 0 Å². The normalized spacial score (nSPS) is 14.6. The number of nitrogens with zero attached hydrogens (tertiary/aromatic N) is 2. The lowest BCUT2D eigenvalue weighted by atomic mass is 10.2. The molecule has 0 spiro atoms. The second-order valence-electron chi connectivity index (χ2n) is 5.51. The lowest BCUT2D eigenvalue weighted by Crippen LogP contribution is -2.50. The van der Waals surface area contributed by atoms with Gasteiger partial charge in [-0.25, -0.2) is 9.18 Å². The SMILES string of the molecule is O=C(Nc1ccccc1F)N1CCN(c2cc(Cl)cc(Cl)c2)CC1. The number of halogens is 3. The van der Waals surface area contributed by atoms with Crippen LogP contribution in [0.5, 0.6) is 0 Å². The molecular weight excluding hydrogens is 352 g/mol. The van der Waals surface area contributed by atoms with Crippen LogP contribution in [0.15, 0.2) is 42.5 Å². The van der Waals surface area contributed by atoms with Gasteiger partial charge in [0.2, 0.25) is 0 Å². The number of amides is 2. The first kappa shape index (κ1) is 16.9. The third-order valence-corrected chi connectivity index (χ3v) is 4.33. The average molecular weight is 368 g/mol. The number of urea groups is 1. The number of piperazine rings is 1. The standard InChI is InChI=1S/C17H16Cl2FN3O/c18-12-9-13(19)11-14(10-12)22-5-7-23(8-6-22)17(24)21-16-4-2-1-3-15(16)20/h1-4,9-11H,5-8H2,(H,21,24). The largest absolute Gasteiger partial charge is 0.368 e. The second kappa shape index (κ2) is 7.28. The lowest BCUT2D eigenvalue weighted by molar-refractivity contribution is 0.208. The zero-order valence-corrected chi connectivity index (χ0v) is 14.3. The van der Waals surface area contributed by atoms with Gasteiger partial charge in [0.05, 0.1) is 5.69 Å². The number of carbonyl (C=O) groups excluding carboxylic acids is 1. The van der Waals surface area contributed by atoms with Crippen LogP contribution in [0.25, 0.3) is 0 Å². The molecule has 1 fully saturated rings. The summed E-state index contributed by atoms with van der Waals surface area (Å²) in [7, 11) is 0. The van der Waals surface area contributed by atoms with Crippen LogP contribution < -0.4 is 10.2 Å². The van der Waals surface area contributed by atoms with E-state index in [-0.39, 0.29) is 11.7 Å². The molecule has 2 amide bonds. The maximum Gasteiger partial charge on any atom is 0.322 e. The van der Waals surface area contributed by atoms with Gasteiger partial charge in [-0.2, -0.15) is 0 Å². The molecule has 2 aromatic carbocycles. The fraction of sp³-hybridized carbons (Fsp3) is 0.235. The third kappa shape index (κ3) is 3.91. The van der Waals surface area contributed by atoms with E-state index in [2.05, 4.69) is 10.2 Å². The zero-order chi connectivity index (χ0) is 17.1. The Bertz CT molecular complexity index is 728. The van der Waals surface area contributed by atoms with Crippen LogP contribution in [0, 0.1) is 5.82 Å². The van der Waals surface area contributed by atoms with Crippen LogP contribution in [0.4, 0.5) is 20.6 Å². The summed E-state index contributed by atoms with van der Waals surface area (Å²) >= 11 is 12.1. The molecule has 0 aliphatic carbocycles. The van der Waals surface area contributed by atoms with Crippen LogP contribution in [-0.4, -0.2) is 37.1 Å². The first-order chi connectivity index (χ1) is 11.5. The molecule has 0 aromatic heterocycles. The molecule has 126 valence electrons. The summed E-state index contributed by atoms with van der Waals surface area (Å²) in [6.07, 6.45) is 0. The van der Waals surface area contributed by atoms with Crippen LogP contribution in [-0.2, 0) is 0 Å². The molecule has 3 rings (SSSR count). The van der Waals surface area contributed by atoms with Crippen molar-refractivity contribution in [3.05, 3.63) is 58.3 Å². The van der Waals surface area contributed by atoms with Crippen molar-refractivity contribution in [3.8, 4) is 0 Å². The van der Waals surface area contributed by atoms with Gasteiger partial charge in [0.1, 0.15) is 5.82 Å². The summed E-state index contributed by atoms with van der Waals surface area (Å²) in [6.45, 7) is 2.37. The number of anilines is 2. The molecule has 1 aliphatic heterocycles. The van der Waals surface area contributed by atoms with Crippen molar-refractivity contribution in [2.24, 2.45) is 0 Å². The number of hydrogen-bond donors (Lipinski definition) is 1. The summed E-state index contributed by atoms with van der Waals surface area (Å²) in [4.78, 5) is 16.0. The van der Waals surface area contributed by atoms with E-state index in [1.54, 1.807) is 23.1 Å². The van der Waals surface area contributed by atoms with Crippen LogP contribution >= 0.6 is 23.2 Å². The van der Waals surface area contributed by atoms with E-state index in [1.807, 2.05) is 12.1 Å². The predicted octanol–water partition coefficient (Wildman–Crippen LogP) is 4.49. The molecular formula is C17H16Cl2FN3O. The van der Waals surface area contributed by atoms with E-state index in [9.17, 15) is 9.18 Å². The lowest BCUT2D eigenvalue weighted by Gasteiger charge is -2.36. The Morgan fingerprint density at radius 1 is 1.00 bits per heavy atom. The van der Waals surface area contributed by atoms with Gasteiger partial charge >= 0.3 is 6.03 Å². The van der Waals surface area contributed by atoms with Crippen molar-refractivity contribution in [2.75, 3.05) is 36.4 Å². The van der Waals surface area contributed by atoms with Crippen molar-refractivity contribution in [1.82, 2.24) is 4.90 Å². The van der Waals surface area contributed by atoms with E-state index < -0.39 is 5.82 Å². The summed E-state index contributed by atoms with van der Waals surface area (Å²) < 4.78 is 13.6. The number of rotatable bonds is 2. The van der Waals surface area contributed by atoms with Crippen LogP contribution in [0.3, 0.4) is 0 Å². The minimum Gasteiger partial charge on any atom is -0.368 e. The highest BCUT2D eigenvalue weighted by Gasteiger charge is 2.22. The molecule has 0 radical (unpaired) electrons. The van der Waals surface area contributed by atoms with Gasteiger partial charge in [-0.15, -0.1) is 0 Å². The van der Waals surface area contributed by atoms with E-state index in [1.165, 1.54) is 12.1 Å². The molecule has 2 aromatic rings. The van der Waals surface area contributed by atoms with E-state index in [0.717, 1.165) is 5.69 Å². The van der Waals surface area contributed by atoms with Crippen molar-refractivity contribution in [2.45, 2.75) is 0 Å². The highest BCUT2D eigenvalue weighted by molar-refractivity contribution is 6.35. The highest BCUT2D eigenvalue weighted by Crippen LogP contribution is 2.26. The first-order valence-corrected chi connectivity index (χ1v) is 8.30. The van der Waals surface area contributed by atoms with Gasteiger partial charge in [-0.3, -0.25) is 0 Å². The Labute approximate surface area is 149 Å². The number of carbonyl (C=O) groups is 1. The molecule has 1 saturated heterocycles. The second-order valence-corrected chi connectivity index (χ2v) is 6.38. The topological polar surface area (TPSA) is 35.6 Å². The molecule has 0 atom stereocenters. The van der Waals surface area contributed by atoms with E-state index >= 15 is 0 Å². The first-order valence-electron chi connectivity index (χ1n) is 7.54. The smallest absolute Gasteiger partial charge is 0.322 e. The zero-order valence-electron chi connectivity index (χ0n) is 12.8. The quantitative estimate of drug-likeness (QED) is 0.848. The van der Waals surface area contributed by atoms with Gasteiger partial charge in [-0.1, -0.05) is 35.3 Å². The molecule has 7 heteroatoms. The minimum absolute atomic E-state index is 0.187. The molecule has 0 unspecified atom stereocenters. The monoisotopic (exact) mass is 367 g/mol. The highest BCUT2D eigenvalue weighted by atomic mass is 35.5. The molecule has 1 aliphatic rings. The maximum atomic E-state index is 13.6. The number of benzene rings is 2. The molecule has 24 heavy (non-hydrogen) atoms. The summed E-state index contributed by atoms with van der Waals surface area (Å²) in [5, 5.41) is 3.77. The maximum absolute atomic E-state index is 13.6. The van der Waals surface area contributed by atoms with E-state index in [0.29, 0.717) is 36.2 Å². The van der Waals surface area contributed by atoms with Crippen molar-refractivity contribution < 1.29 is 9.18 Å². The Hall–Kier alpha value is -1.98. The molecule has 1 heterocycles. The van der Waals surface area contributed by atoms with Gasteiger partial charge in [0.15, 0.2) is 0 Å². The average Bonchev–Trinajstić information content (AvgIpc) is 2.56. The fourth-order valence-corrected chi connectivity index (χ4v) is 3.16. The summed E-state index contributed by atoms with van der Waals surface area (Å²) in [6, 6.07) is 11.2. The Morgan fingerprint density at radius 3 is 2.25 bits per heavy atom. The van der Waals surface area contributed by atoms with Crippen molar-refractivity contribution >= 4 is 40.6 Å². The van der Waals surface area contributed by atoms with E-state index in [4.69, 9.17) is 23.2 Å². The molecule has 0 bridgehead atoms. The van der Waals surface area contributed by atoms with Crippen LogP contribution in [0.1, 0.15) is 0 Å². The van der Waals surface area contributed by atoms with Crippen molar-refractivity contribution in [3.63, 3.8) is 0 Å². The third-order valence-electron chi connectivity index (χ3n) is 3.89. The number of para-hydroxylation sites is 1. The molecule has 4 nitrogen and oxygen atoms in total. The summed E-state index contributed by atoms with van der Waals surface area (Å²) in [5.74, 6) is -0.446. The van der Waals surface area contributed by atoms with Gasteiger partial charge in [0.25, 0.3) is 0 Å². The minimum atomic E-state index is -0.446. The summed E-state index contributed by atoms with van der Waals surface area (Å²) in [5.41, 5.74) is 1.12. The number of nitrogens with one attached hydrogen (secondary N) is 1. The number of hydrogen-bond acceptors (Lipinski definition) is 2. The molecule has 0 saturated carbocycles. The van der Waals surface area contributed by atoms with Gasteiger partial charge in [0, 0.05) is 41.9 Å². The van der Waals surface area contributed by atoms with Gasteiger partial charge in [-0.05, 0) is 30.3 Å². The Balaban J connectivity index is 1.60. The molecule has 1 N–H and O–H groups in total. The fourth-order valence-electron chi connectivity index (χ4n) is 2.65. The Morgan fingerprint density at radius 2 is 1.62 bits per heavy atom.